The first-order chi connectivity index (χ1) is 18.9. The van der Waals surface area contributed by atoms with Crippen molar-refractivity contribution in [3.05, 3.63) is 35.9 Å². The quantitative estimate of drug-likeness (QED) is 0.0985. The Morgan fingerprint density at radius 2 is 1.50 bits per heavy atom. The van der Waals surface area contributed by atoms with E-state index in [-0.39, 0.29) is 5.75 Å². The molecule has 1 aromatic rings. The maximum atomic E-state index is 12.7. The lowest BCUT2D eigenvalue weighted by molar-refractivity contribution is -0.384. The van der Waals surface area contributed by atoms with Crippen LogP contribution in [0.2, 0.25) is 0 Å². The van der Waals surface area contributed by atoms with E-state index in [9.17, 15) is 45.0 Å². The number of esters is 3. The minimum atomic E-state index is -2.43. The predicted octanol–water partition coefficient (Wildman–Crippen LogP) is -2.28. The van der Waals surface area contributed by atoms with Crippen LogP contribution in [0.1, 0.15) is 19.4 Å². The van der Waals surface area contributed by atoms with Gasteiger partial charge in [0.1, 0.15) is 36.8 Å². The van der Waals surface area contributed by atoms with E-state index in [0.717, 1.165) is 19.9 Å². The summed E-state index contributed by atoms with van der Waals surface area (Å²) < 4.78 is 32.5. The molecule has 0 aliphatic carbocycles. The number of rotatable bonds is 10. The number of phenols is 1. The molecule has 0 spiro atoms. The first-order valence-corrected chi connectivity index (χ1v) is 12.2. The Morgan fingerprint density at radius 3 is 2.05 bits per heavy atom. The number of aliphatic hydroxyl groups is 5. The highest BCUT2D eigenvalue weighted by molar-refractivity contribution is 5.87. The Balaban J connectivity index is 1.92. The lowest BCUT2D eigenvalue weighted by Gasteiger charge is -2.45. The number of hydrogen-bond acceptors (Lipinski definition) is 15. The van der Waals surface area contributed by atoms with Gasteiger partial charge in [-0.3, -0.25) is 9.59 Å². The number of carbonyl (C=O) groups is 3. The molecule has 0 amide bonds. The van der Waals surface area contributed by atoms with Crippen molar-refractivity contribution in [2.45, 2.75) is 68.7 Å². The van der Waals surface area contributed by atoms with Crippen LogP contribution in [0.25, 0.3) is 6.08 Å². The van der Waals surface area contributed by atoms with Crippen molar-refractivity contribution in [1.29, 1.82) is 0 Å². The molecule has 2 aliphatic rings. The van der Waals surface area contributed by atoms with Crippen LogP contribution in [-0.4, -0.2) is 123 Å². The van der Waals surface area contributed by atoms with Gasteiger partial charge in [-0.25, -0.2) is 4.79 Å². The number of aromatic hydroxyl groups is 1. The molecule has 222 valence electrons. The molecule has 2 heterocycles. The normalized spacial score (nSPS) is 34.0. The van der Waals surface area contributed by atoms with E-state index in [4.69, 9.17) is 28.4 Å². The van der Waals surface area contributed by atoms with Gasteiger partial charge in [0.25, 0.3) is 0 Å². The van der Waals surface area contributed by atoms with Gasteiger partial charge in [0, 0.05) is 19.9 Å². The summed E-state index contributed by atoms with van der Waals surface area (Å²) in [7, 11) is 0. The van der Waals surface area contributed by atoms with Gasteiger partial charge in [0.15, 0.2) is 18.3 Å². The van der Waals surface area contributed by atoms with Crippen molar-refractivity contribution in [1.82, 2.24) is 0 Å². The first kappa shape index (κ1) is 31.4. The molecule has 0 radical (unpaired) electrons. The van der Waals surface area contributed by atoms with Gasteiger partial charge in [0.2, 0.25) is 12.1 Å². The van der Waals surface area contributed by atoms with Crippen molar-refractivity contribution in [2.75, 3.05) is 19.8 Å². The van der Waals surface area contributed by atoms with Crippen molar-refractivity contribution in [2.24, 2.45) is 0 Å². The molecule has 40 heavy (non-hydrogen) atoms. The van der Waals surface area contributed by atoms with Crippen molar-refractivity contribution in [3.63, 3.8) is 0 Å². The summed E-state index contributed by atoms with van der Waals surface area (Å²) in [5, 5.41) is 60.4. The summed E-state index contributed by atoms with van der Waals surface area (Å²) in [4.78, 5) is 36.2. The second kappa shape index (κ2) is 13.5. The number of benzene rings is 1. The molecule has 0 aromatic heterocycles. The van der Waals surface area contributed by atoms with E-state index in [1.165, 1.54) is 30.3 Å². The molecule has 0 saturated carbocycles. The fourth-order valence-electron chi connectivity index (χ4n) is 4.30. The molecule has 2 fully saturated rings. The molecule has 2 saturated heterocycles. The number of phenolic OH excluding ortho intramolecular Hbond substituents is 1. The van der Waals surface area contributed by atoms with Crippen LogP contribution >= 0.6 is 0 Å². The Bertz CT molecular complexity index is 1060. The minimum absolute atomic E-state index is 0.00904. The third kappa shape index (κ3) is 7.13. The molecule has 0 bridgehead atoms. The summed E-state index contributed by atoms with van der Waals surface area (Å²) in [5.74, 6) is -5.23. The molecular weight excluding hydrogens is 540 g/mol. The molecule has 2 aliphatic heterocycles. The Kier molecular flexibility index (Phi) is 10.6. The highest BCUT2D eigenvalue weighted by Gasteiger charge is 2.61. The topological polar surface area (TPSA) is 228 Å². The minimum Gasteiger partial charge on any atom is -0.508 e. The second-order valence-electron chi connectivity index (χ2n) is 9.06. The third-order valence-corrected chi connectivity index (χ3v) is 6.14. The van der Waals surface area contributed by atoms with E-state index in [1.54, 1.807) is 0 Å². The monoisotopic (exact) mass is 572 g/mol. The van der Waals surface area contributed by atoms with E-state index in [0.29, 0.717) is 5.56 Å². The standard InChI is InChI=1S/C25H32O15/c1-12(29)35-21-19(33)16(9-26)37-24(22(21)36-13(2)30)40-25(11-28)23(20(34)17(10-27)39-25)38-18(32)8-5-14-3-6-15(31)7-4-14/h3-8,16-17,19-24,26-28,31,33-34H,9-11H2,1-2H3/t16-,17-,19-,20-,21+,22-,23+,24-,25+/m1/s1. The highest BCUT2D eigenvalue weighted by atomic mass is 16.8. The van der Waals surface area contributed by atoms with Gasteiger partial charge >= 0.3 is 17.9 Å². The number of hydrogen-bond donors (Lipinski definition) is 6. The van der Waals surface area contributed by atoms with E-state index in [1.807, 2.05) is 0 Å². The zero-order chi connectivity index (χ0) is 29.6. The van der Waals surface area contributed by atoms with Gasteiger partial charge in [-0.15, -0.1) is 0 Å². The van der Waals surface area contributed by atoms with Gasteiger partial charge in [-0.1, -0.05) is 12.1 Å². The third-order valence-electron chi connectivity index (χ3n) is 6.14. The van der Waals surface area contributed by atoms with Crippen LogP contribution in [0.4, 0.5) is 0 Å². The highest BCUT2D eigenvalue weighted by Crippen LogP contribution is 2.39. The zero-order valence-electron chi connectivity index (χ0n) is 21.6. The summed E-state index contributed by atoms with van der Waals surface area (Å²) in [5.41, 5.74) is 0.515. The first-order valence-electron chi connectivity index (χ1n) is 12.2. The number of carbonyl (C=O) groups excluding carboxylic acids is 3. The van der Waals surface area contributed by atoms with E-state index >= 15 is 0 Å². The number of ether oxygens (including phenoxy) is 6. The SMILES string of the molecule is CC(=O)O[C@H]1[C@@H](O[C@]2(CO)O[C@H](CO)[C@@H](O)[C@@H]2OC(=O)C=Cc2ccc(O)cc2)O[C@H](CO)[C@@H](O)[C@@H]1OC(C)=O. The lowest BCUT2D eigenvalue weighted by Crippen LogP contribution is -2.64. The summed E-state index contributed by atoms with van der Waals surface area (Å²) in [6.07, 6.45) is -10.8. The fourth-order valence-corrected chi connectivity index (χ4v) is 4.30. The van der Waals surface area contributed by atoms with Gasteiger partial charge in [-0.2, -0.15) is 0 Å². The van der Waals surface area contributed by atoms with Crippen LogP contribution in [0.3, 0.4) is 0 Å². The molecule has 15 nitrogen and oxygen atoms in total. The molecule has 0 unspecified atom stereocenters. The Labute approximate surface area is 228 Å². The number of aliphatic hydroxyl groups excluding tert-OH is 5. The molecule has 15 heteroatoms. The predicted molar refractivity (Wildman–Crippen MR) is 129 cm³/mol. The lowest BCUT2D eigenvalue weighted by atomic mass is 9.98. The summed E-state index contributed by atoms with van der Waals surface area (Å²) in [6, 6.07) is 5.80. The smallest absolute Gasteiger partial charge is 0.331 e. The molecule has 3 rings (SSSR count). The van der Waals surface area contributed by atoms with Crippen molar-refractivity contribution in [3.8, 4) is 5.75 Å². The Morgan fingerprint density at radius 1 is 0.900 bits per heavy atom. The van der Waals surface area contributed by atoms with Crippen molar-refractivity contribution >= 4 is 24.0 Å². The Hall–Kier alpha value is -3.15. The molecule has 9 atom stereocenters. The van der Waals surface area contributed by atoms with Gasteiger partial charge in [0.05, 0.1) is 13.2 Å². The second-order valence-corrected chi connectivity index (χ2v) is 9.06. The average Bonchev–Trinajstić information content (AvgIpc) is 3.17. The van der Waals surface area contributed by atoms with E-state index in [2.05, 4.69) is 0 Å². The van der Waals surface area contributed by atoms with Gasteiger partial charge in [-0.05, 0) is 23.8 Å². The average molecular weight is 573 g/mol. The van der Waals surface area contributed by atoms with E-state index < -0.39 is 92.5 Å². The fraction of sp³-hybridized carbons (Fsp3) is 0.560. The largest absolute Gasteiger partial charge is 0.508 e. The summed E-state index contributed by atoms with van der Waals surface area (Å²) >= 11 is 0. The maximum Gasteiger partial charge on any atom is 0.331 e. The zero-order valence-corrected chi connectivity index (χ0v) is 21.6. The summed E-state index contributed by atoms with van der Waals surface area (Å²) in [6.45, 7) is -0.665. The van der Waals surface area contributed by atoms with Crippen LogP contribution in [0.15, 0.2) is 30.3 Å². The van der Waals surface area contributed by atoms with Crippen LogP contribution in [0, 0.1) is 0 Å². The van der Waals surface area contributed by atoms with Crippen molar-refractivity contribution < 1.29 is 73.4 Å². The molecular formula is C25H32O15. The van der Waals surface area contributed by atoms with Crippen LogP contribution in [0.5, 0.6) is 5.75 Å². The van der Waals surface area contributed by atoms with Gasteiger partial charge < -0.3 is 59.1 Å². The van der Waals surface area contributed by atoms with Crippen LogP contribution in [-0.2, 0) is 42.8 Å². The molecule has 1 aromatic carbocycles. The molecule has 6 N–H and O–H groups in total. The maximum absolute atomic E-state index is 12.7. The van der Waals surface area contributed by atoms with Crippen LogP contribution < -0.4 is 0 Å².